The number of para-hydroxylation sites is 2. The molecule has 5 aromatic rings. The lowest BCUT2D eigenvalue weighted by molar-refractivity contribution is 0.0983. The zero-order valence-corrected chi connectivity index (χ0v) is 19.1. The van der Waals surface area contributed by atoms with Crippen LogP contribution in [0.4, 0.5) is 5.13 Å². The lowest BCUT2D eigenvalue weighted by Gasteiger charge is -2.21. The second-order valence-electron chi connectivity index (χ2n) is 7.40. The van der Waals surface area contributed by atoms with Crippen LogP contribution in [0, 0.1) is 0 Å². The number of amides is 1. The van der Waals surface area contributed by atoms with E-state index in [1.165, 1.54) is 11.3 Å². The van der Waals surface area contributed by atoms with E-state index in [0.717, 1.165) is 15.8 Å². The second-order valence-corrected chi connectivity index (χ2v) is 8.84. The second kappa shape index (κ2) is 9.45. The standard InChI is InChI=1S/C27H19ClN2O2S/c28-20-15-16-23-25(17-20)33-27(29-23)30(18-19-9-3-1-4-10-19)26(31)22-13-7-8-14-24(22)32-21-11-5-2-6-12-21/h1-17H,18H2. The number of fused-ring (bicyclic) bond motifs is 1. The lowest BCUT2D eigenvalue weighted by Crippen LogP contribution is -2.30. The first-order valence-corrected chi connectivity index (χ1v) is 11.6. The summed E-state index contributed by atoms with van der Waals surface area (Å²) >= 11 is 7.62. The highest BCUT2D eigenvalue weighted by molar-refractivity contribution is 7.22. The van der Waals surface area contributed by atoms with E-state index in [9.17, 15) is 4.79 Å². The van der Waals surface area contributed by atoms with Crippen molar-refractivity contribution in [1.29, 1.82) is 0 Å². The van der Waals surface area contributed by atoms with Crippen molar-refractivity contribution in [3.8, 4) is 11.5 Å². The van der Waals surface area contributed by atoms with E-state index >= 15 is 0 Å². The van der Waals surface area contributed by atoms with Crippen molar-refractivity contribution in [2.24, 2.45) is 0 Å². The van der Waals surface area contributed by atoms with Gasteiger partial charge in [0.15, 0.2) is 5.13 Å². The molecule has 33 heavy (non-hydrogen) atoms. The number of aromatic nitrogens is 1. The molecule has 0 aliphatic carbocycles. The number of hydrogen-bond acceptors (Lipinski definition) is 4. The van der Waals surface area contributed by atoms with Gasteiger partial charge in [0, 0.05) is 5.02 Å². The predicted octanol–water partition coefficient (Wildman–Crippen LogP) is 7.59. The summed E-state index contributed by atoms with van der Waals surface area (Å²) in [6, 6.07) is 32.1. The summed E-state index contributed by atoms with van der Waals surface area (Å²) in [5.41, 5.74) is 2.28. The molecule has 1 aromatic heterocycles. The number of halogens is 1. The highest BCUT2D eigenvalue weighted by Crippen LogP contribution is 2.34. The molecule has 4 nitrogen and oxygen atoms in total. The van der Waals surface area contributed by atoms with Gasteiger partial charge in [-0.3, -0.25) is 9.69 Å². The highest BCUT2D eigenvalue weighted by atomic mass is 35.5. The van der Waals surface area contributed by atoms with E-state index in [2.05, 4.69) is 0 Å². The first-order valence-electron chi connectivity index (χ1n) is 10.4. The topological polar surface area (TPSA) is 42.4 Å². The van der Waals surface area contributed by atoms with Gasteiger partial charge in [-0.2, -0.15) is 0 Å². The van der Waals surface area contributed by atoms with Crippen LogP contribution in [0.25, 0.3) is 10.2 Å². The number of thiazole rings is 1. The number of carbonyl (C=O) groups excluding carboxylic acids is 1. The van der Waals surface area contributed by atoms with E-state index < -0.39 is 0 Å². The molecule has 0 spiro atoms. The SMILES string of the molecule is O=C(c1ccccc1Oc1ccccc1)N(Cc1ccccc1)c1nc2ccc(Cl)cc2s1. The molecule has 1 heterocycles. The zero-order valence-electron chi connectivity index (χ0n) is 17.5. The third kappa shape index (κ3) is 4.75. The number of anilines is 1. The number of ether oxygens (including phenoxy) is 1. The average Bonchev–Trinajstić information content (AvgIpc) is 3.27. The van der Waals surface area contributed by atoms with Crippen LogP contribution < -0.4 is 9.64 Å². The van der Waals surface area contributed by atoms with Crippen molar-refractivity contribution in [1.82, 2.24) is 4.98 Å². The summed E-state index contributed by atoms with van der Waals surface area (Å²) < 4.78 is 6.99. The third-order valence-corrected chi connectivity index (χ3v) is 6.36. The van der Waals surface area contributed by atoms with Crippen molar-refractivity contribution in [3.05, 3.63) is 119 Å². The molecule has 0 saturated heterocycles. The fourth-order valence-electron chi connectivity index (χ4n) is 3.49. The Morgan fingerprint density at radius 2 is 1.58 bits per heavy atom. The molecular formula is C27H19ClN2O2S. The van der Waals surface area contributed by atoms with Gasteiger partial charge in [0.25, 0.3) is 5.91 Å². The van der Waals surface area contributed by atoms with Crippen LogP contribution in [0.2, 0.25) is 5.02 Å². The van der Waals surface area contributed by atoms with Gasteiger partial charge in [-0.15, -0.1) is 0 Å². The molecule has 0 N–H and O–H groups in total. The summed E-state index contributed by atoms with van der Waals surface area (Å²) in [6.45, 7) is 0.382. The van der Waals surface area contributed by atoms with Crippen LogP contribution in [0.3, 0.4) is 0 Å². The van der Waals surface area contributed by atoms with E-state index in [4.69, 9.17) is 21.3 Å². The molecular weight excluding hydrogens is 452 g/mol. The third-order valence-electron chi connectivity index (χ3n) is 5.09. The van der Waals surface area contributed by atoms with E-state index in [1.807, 2.05) is 84.9 Å². The first kappa shape index (κ1) is 21.2. The van der Waals surface area contributed by atoms with Gasteiger partial charge in [0.1, 0.15) is 11.5 Å². The molecule has 5 rings (SSSR count). The largest absolute Gasteiger partial charge is 0.457 e. The monoisotopic (exact) mass is 470 g/mol. The summed E-state index contributed by atoms with van der Waals surface area (Å²) in [4.78, 5) is 20.3. The summed E-state index contributed by atoms with van der Waals surface area (Å²) in [5, 5.41) is 1.25. The summed E-state index contributed by atoms with van der Waals surface area (Å²) in [6.07, 6.45) is 0. The van der Waals surface area contributed by atoms with Crippen LogP contribution in [-0.4, -0.2) is 10.9 Å². The molecule has 6 heteroatoms. The van der Waals surface area contributed by atoms with Crippen LogP contribution >= 0.6 is 22.9 Å². The minimum absolute atomic E-state index is 0.185. The van der Waals surface area contributed by atoms with Gasteiger partial charge in [-0.1, -0.05) is 83.6 Å². The smallest absolute Gasteiger partial charge is 0.264 e. The Labute approximate surface area is 200 Å². The molecule has 0 fully saturated rings. The van der Waals surface area contributed by atoms with Gasteiger partial charge >= 0.3 is 0 Å². The van der Waals surface area contributed by atoms with Crippen molar-refractivity contribution < 1.29 is 9.53 Å². The Bertz CT molecular complexity index is 1400. The molecule has 0 unspecified atom stereocenters. The quantitative estimate of drug-likeness (QED) is 0.256. The van der Waals surface area contributed by atoms with Crippen LogP contribution in [0.15, 0.2) is 103 Å². The maximum absolute atomic E-state index is 13.9. The highest BCUT2D eigenvalue weighted by Gasteiger charge is 2.24. The van der Waals surface area contributed by atoms with Gasteiger partial charge in [-0.25, -0.2) is 4.98 Å². The number of benzene rings is 4. The Balaban J connectivity index is 1.56. The molecule has 0 atom stereocenters. The Hall–Kier alpha value is -3.67. The van der Waals surface area contributed by atoms with E-state index in [1.54, 1.807) is 23.1 Å². The minimum atomic E-state index is -0.185. The molecule has 0 aliphatic heterocycles. The van der Waals surface area contributed by atoms with Crippen molar-refractivity contribution in [2.75, 3.05) is 4.90 Å². The minimum Gasteiger partial charge on any atom is -0.457 e. The number of carbonyl (C=O) groups is 1. The fraction of sp³-hybridized carbons (Fsp3) is 0.0370. The fourth-order valence-corrected chi connectivity index (χ4v) is 4.73. The number of nitrogens with zero attached hydrogens (tertiary/aromatic N) is 2. The van der Waals surface area contributed by atoms with Crippen molar-refractivity contribution in [3.63, 3.8) is 0 Å². The van der Waals surface area contributed by atoms with Gasteiger partial charge in [-0.05, 0) is 48.0 Å². The zero-order chi connectivity index (χ0) is 22.6. The molecule has 0 bridgehead atoms. The van der Waals surface area contributed by atoms with Gasteiger partial charge in [0.2, 0.25) is 0 Å². The molecule has 4 aromatic carbocycles. The van der Waals surface area contributed by atoms with Crippen LogP contribution in [0.1, 0.15) is 15.9 Å². The van der Waals surface area contributed by atoms with Crippen molar-refractivity contribution >= 4 is 44.2 Å². The van der Waals surface area contributed by atoms with E-state index in [0.29, 0.717) is 33.8 Å². The lowest BCUT2D eigenvalue weighted by atomic mass is 10.1. The van der Waals surface area contributed by atoms with Gasteiger partial charge in [0.05, 0.1) is 22.3 Å². The molecule has 1 amide bonds. The first-order chi connectivity index (χ1) is 16.2. The van der Waals surface area contributed by atoms with E-state index in [-0.39, 0.29) is 5.91 Å². The Morgan fingerprint density at radius 3 is 2.36 bits per heavy atom. The van der Waals surface area contributed by atoms with Crippen LogP contribution in [-0.2, 0) is 6.54 Å². The van der Waals surface area contributed by atoms with Gasteiger partial charge < -0.3 is 4.74 Å². The molecule has 162 valence electrons. The normalized spacial score (nSPS) is 10.8. The Kier molecular flexibility index (Phi) is 6.07. The molecule has 0 aliphatic rings. The van der Waals surface area contributed by atoms with Crippen molar-refractivity contribution in [2.45, 2.75) is 6.54 Å². The summed E-state index contributed by atoms with van der Waals surface area (Å²) in [5.74, 6) is 0.980. The Morgan fingerprint density at radius 1 is 0.879 bits per heavy atom. The summed E-state index contributed by atoms with van der Waals surface area (Å²) in [7, 11) is 0. The van der Waals surface area contributed by atoms with Crippen LogP contribution in [0.5, 0.6) is 11.5 Å². The maximum Gasteiger partial charge on any atom is 0.264 e. The molecule has 0 saturated carbocycles. The predicted molar refractivity (Wildman–Crippen MR) is 135 cm³/mol. The average molecular weight is 471 g/mol. The molecule has 0 radical (unpaired) electrons. The maximum atomic E-state index is 13.9. The number of rotatable bonds is 6. The number of hydrogen-bond donors (Lipinski definition) is 0.